The predicted molar refractivity (Wildman–Crippen MR) is 93.8 cm³/mol. The van der Waals surface area contributed by atoms with E-state index in [9.17, 15) is 9.59 Å². The van der Waals surface area contributed by atoms with E-state index in [1.165, 1.54) is 12.6 Å². The van der Waals surface area contributed by atoms with Crippen LogP contribution in [0.25, 0.3) is 0 Å². The summed E-state index contributed by atoms with van der Waals surface area (Å²) in [5.74, 6) is -0.0447. The summed E-state index contributed by atoms with van der Waals surface area (Å²) in [7, 11) is 0. The van der Waals surface area contributed by atoms with Crippen molar-refractivity contribution in [2.24, 2.45) is 5.92 Å². The van der Waals surface area contributed by atoms with Crippen LogP contribution in [-0.2, 0) is 4.79 Å². The van der Waals surface area contributed by atoms with Crippen molar-refractivity contribution >= 4 is 23.2 Å². The third kappa shape index (κ3) is 4.19. The second-order valence-corrected chi connectivity index (χ2v) is 6.10. The fourth-order valence-electron chi connectivity index (χ4n) is 2.98. The summed E-state index contributed by atoms with van der Waals surface area (Å²) in [4.78, 5) is 28.4. The fraction of sp³-hybridized carbons (Fsp3) is 0.316. The first-order valence-electron chi connectivity index (χ1n) is 8.35. The lowest BCUT2D eigenvalue weighted by Gasteiger charge is -2.20. The fourth-order valence-corrected chi connectivity index (χ4v) is 2.98. The van der Waals surface area contributed by atoms with Crippen LogP contribution in [0.5, 0.6) is 0 Å². The summed E-state index contributed by atoms with van der Waals surface area (Å²) in [5, 5.41) is 5.78. The molecule has 1 saturated carbocycles. The Kier molecular flexibility index (Phi) is 5.21. The first-order valence-corrected chi connectivity index (χ1v) is 8.35. The molecule has 5 heteroatoms. The zero-order chi connectivity index (χ0) is 16.8. The number of aromatic nitrogens is 1. The number of anilines is 2. The lowest BCUT2D eigenvalue weighted by Crippen LogP contribution is -2.24. The van der Waals surface area contributed by atoms with Gasteiger partial charge in [0.05, 0.1) is 5.56 Å². The average Bonchev–Trinajstić information content (AvgIpc) is 2.63. The number of benzene rings is 1. The minimum Gasteiger partial charge on any atom is -0.326 e. The van der Waals surface area contributed by atoms with Gasteiger partial charge in [-0.25, -0.2) is 0 Å². The number of carbonyl (C=O) groups is 2. The topological polar surface area (TPSA) is 71.1 Å². The Hall–Kier alpha value is -2.69. The zero-order valence-corrected chi connectivity index (χ0v) is 13.5. The highest BCUT2D eigenvalue weighted by atomic mass is 16.2. The van der Waals surface area contributed by atoms with Crippen LogP contribution in [-0.4, -0.2) is 16.8 Å². The predicted octanol–water partition coefficient (Wildman–Crippen LogP) is 3.85. The van der Waals surface area contributed by atoms with Crippen molar-refractivity contribution in [3.05, 3.63) is 54.4 Å². The van der Waals surface area contributed by atoms with Gasteiger partial charge in [0.25, 0.3) is 5.91 Å². The van der Waals surface area contributed by atoms with Gasteiger partial charge in [0.2, 0.25) is 5.91 Å². The molecule has 1 aliphatic rings. The first-order chi connectivity index (χ1) is 11.7. The molecule has 1 aromatic carbocycles. The van der Waals surface area contributed by atoms with Crippen LogP contribution in [0.4, 0.5) is 11.4 Å². The second-order valence-electron chi connectivity index (χ2n) is 6.10. The summed E-state index contributed by atoms with van der Waals surface area (Å²) >= 11 is 0. The summed E-state index contributed by atoms with van der Waals surface area (Å²) in [6, 6.07) is 10.6. The molecule has 1 fully saturated rings. The van der Waals surface area contributed by atoms with Gasteiger partial charge in [0, 0.05) is 29.7 Å². The van der Waals surface area contributed by atoms with Crippen molar-refractivity contribution in [1.82, 2.24) is 4.98 Å². The molecule has 1 aromatic heterocycles. The molecule has 3 rings (SSSR count). The lowest BCUT2D eigenvalue weighted by atomic mass is 9.88. The number of nitrogens with zero attached hydrogens (tertiary/aromatic N) is 1. The normalized spacial score (nSPS) is 14.8. The third-order valence-electron chi connectivity index (χ3n) is 4.29. The van der Waals surface area contributed by atoms with E-state index in [0.717, 1.165) is 25.7 Å². The Morgan fingerprint density at radius 2 is 1.71 bits per heavy atom. The minimum atomic E-state index is -0.223. The van der Waals surface area contributed by atoms with E-state index in [1.54, 1.807) is 30.5 Å². The molecular weight excluding hydrogens is 302 g/mol. The van der Waals surface area contributed by atoms with Gasteiger partial charge in [-0.1, -0.05) is 25.3 Å². The number of carbonyl (C=O) groups excluding carboxylic acids is 2. The van der Waals surface area contributed by atoms with Gasteiger partial charge in [0.15, 0.2) is 0 Å². The Morgan fingerprint density at radius 3 is 2.42 bits per heavy atom. The number of nitrogens with one attached hydrogen (secondary N) is 2. The van der Waals surface area contributed by atoms with Crippen LogP contribution < -0.4 is 10.6 Å². The Bertz CT molecular complexity index is 710. The molecule has 0 atom stereocenters. The molecule has 0 spiro atoms. The van der Waals surface area contributed by atoms with E-state index in [-0.39, 0.29) is 17.7 Å². The molecule has 1 heterocycles. The maximum atomic E-state index is 12.3. The average molecular weight is 323 g/mol. The van der Waals surface area contributed by atoms with Crippen LogP contribution in [0, 0.1) is 5.92 Å². The monoisotopic (exact) mass is 323 g/mol. The Labute approximate surface area is 141 Å². The Balaban J connectivity index is 1.63. The van der Waals surface area contributed by atoms with Crippen LogP contribution in [0.15, 0.2) is 48.8 Å². The van der Waals surface area contributed by atoms with E-state index in [1.807, 2.05) is 12.1 Å². The molecule has 0 unspecified atom stereocenters. The van der Waals surface area contributed by atoms with E-state index in [0.29, 0.717) is 16.9 Å². The molecule has 2 N–H and O–H groups in total. The molecular formula is C19H21N3O2. The summed E-state index contributed by atoms with van der Waals surface area (Å²) in [5.41, 5.74) is 1.84. The number of hydrogen-bond donors (Lipinski definition) is 2. The molecule has 5 nitrogen and oxygen atoms in total. The standard InChI is InChI=1S/C19H21N3O2/c23-18(14-6-2-1-3-7-14)21-16-9-4-10-17(12-16)22-19(24)15-8-5-11-20-13-15/h4-5,8-14H,1-3,6-7H2,(H,21,23)(H,22,24). The maximum Gasteiger partial charge on any atom is 0.257 e. The van der Waals surface area contributed by atoms with Crippen molar-refractivity contribution in [3.63, 3.8) is 0 Å². The lowest BCUT2D eigenvalue weighted by molar-refractivity contribution is -0.120. The summed E-state index contributed by atoms with van der Waals surface area (Å²) in [6.07, 6.45) is 8.53. The van der Waals surface area contributed by atoms with Crippen LogP contribution in [0.3, 0.4) is 0 Å². The van der Waals surface area contributed by atoms with Crippen LogP contribution in [0.1, 0.15) is 42.5 Å². The summed E-state index contributed by atoms with van der Waals surface area (Å²) < 4.78 is 0. The van der Waals surface area contributed by atoms with Crippen LogP contribution in [0.2, 0.25) is 0 Å². The Morgan fingerprint density at radius 1 is 0.958 bits per heavy atom. The molecule has 2 amide bonds. The van der Waals surface area contributed by atoms with E-state index < -0.39 is 0 Å². The zero-order valence-electron chi connectivity index (χ0n) is 13.5. The molecule has 0 radical (unpaired) electrons. The molecule has 0 bridgehead atoms. The smallest absolute Gasteiger partial charge is 0.257 e. The van der Waals surface area contributed by atoms with E-state index in [4.69, 9.17) is 0 Å². The highest BCUT2D eigenvalue weighted by molar-refractivity contribution is 6.04. The third-order valence-corrected chi connectivity index (χ3v) is 4.29. The molecule has 24 heavy (non-hydrogen) atoms. The highest BCUT2D eigenvalue weighted by Gasteiger charge is 2.21. The molecule has 1 aliphatic carbocycles. The van der Waals surface area contributed by atoms with Crippen LogP contribution >= 0.6 is 0 Å². The van der Waals surface area contributed by atoms with Crippen molar-refractivity contribution in [3.8, 4) is 0 Å². The SMILES string of the molecule is O=C(Nc1cccc(NC(=O)C2CCCCC2)c1)c1cccnc1. The second kappa shape index (κ2) is 7.73. The van der Waals surface area contributed by atoms with Crippen molar-refractivity contribution < 1.29 is 9.59 Å². The van der Waals surface area contributed by atoms with Crippen molar-refractivity contribution in [2.45, 2.75) is 32.1 Å². The van der Waals surface area contributed by atoms with Crippen molar-refractivity contribution in [2.75, 3.05) is 10.6 Å². The van der Waals surface area contributed by atoms with Gasteiger partial charge in [0.1, 0.15) is 0 Å². The molecule has 0 aliphatic heterocycles. The van der Waals surface area contributed by atoms with Gasteiger partial charge < -0.3 is 10.6 Å². The van der Waals surface area contributed by atoms with Gasteiger partial charge >= 0.3 is 0 Å². The number of amides is 2. The number of pyridine rings is 1. The quantitative estimate of drug-likeness (QED) is 0.897. The highest BCUT2D eigenvalue weighted by Crippen LogP contribution is 2.25. The molecule has 0 saturated heterocycles. The van der Waals surface area contributed by atoms with Gasteiger partial charge in [-0.3, -0.25) is 14.6 Å². The minimum absolute atomic E-state index is 0.0745. The van der Waals surface area contributed by atoms with Gasteiger partial charge in [-0.2, -0.15) is 0 Å². The molecule has 2 aromatic rings. The first kappa shape index (κ1) is 16.2. The van der Waals surface area contributed by atoms with Gasteiger partial charge in [-0.15, -0.1) is 0 Å². The summed E-state index contributed by atoms with van der Waals surface area (Å²) in [6.45, 7) is 0. The molecule has 124 valence electrons. The van der Waals surface area contributed by atoms with E-state index in [2.05, 4.69) is 15.6 Å². The van der Waals surface area contributed by atoms with Gasteiger partial charge in [-0.05, 0) is 43.2 Å². The van der Waals surface area contributed by atoms with Crippen molar-refractivity contribution in [1.29, 1.82) is 0 Å². The maximum absolute atomic E-state index is 12.3. The number of rotatable bonds is 4. The largest absolute Gasteiger partial charge is 0.326 e. The van der Waals surface area contributed by atoms with E-state index >= 15 is 0 Å². The number of hydrogen-bond acceptors (Lipinski definition) is 3.